The van der Waals surface area contributed by atoms with Crippen LogP contribution in [0.2, 0.25) is 0 Å². The van der Waals surface area contributed by atoms with Crippen LogP contribution in [0, 0.1) is 0 Å². The maximum absolute atomic E-state index is 4.24. The second-order valence-electron chi connectivity index (χ2n) is 3.37. The van der Waals surface area contributed by atoms with Gasteiger partial charge < -0.3 is 0 Å². The van der Waals surface area contributed by atoms with Crippen LogP contribution in [0.25, 0.3) is 0 Å². The average molecular weight is 171 g/mol. The lowest BCUT2D eigenvalue weighted by atomic mass is 9.94. The van der Waals surface area contributed by atoms with Crippen molar-refractivity contribution in [1.29, 1.82) is 0 Å². The fourth-order valence-electron chi connectivity index (χ4n) is 1.65. The van der Waals surface area contributed by atoms with Crippen molar-refractivity contribution in [2.24, 2.45) is 4.99 Å². The number of nitrogens with zero attached hydrogens (tertiary/aromatic N) is 1. The van der Waals surface area contributed by atoms with Crippen molar-refractivity contribution in [3.05, 3.63) is 47.7 Å². The molecule has 0 radical (unpaired) electrons. The van der Waals surface area contributed by atoms with E-state index in [1.54, 1.807) is 0 Å². The third kappa shape index (κ3) is 1.86. The number of hydrogen-bond acceptors (Lipinski definition) is 1. The van der Waals surface area contributed by atoms with E-state index in [2.05, 4.69) is 41.4 Å². The Kier molecular flexibility index (Phi) is 2.26. The lowest BCUT2D eigenvalue weighted by Crippen LogP contribution is -2.00. The molecule has 0 amide bonds. The second kappa shape index (κ2) is 3.56. The molecule has 1 heterocycles. The first-order valence-corrected chi connectivity index (χ1v) is 4.62. The zero-order chi connectivity index (χ0) is 9.10. The molecule has 1 nitrogen and oxygen atoms in total. The van der Waals surface area contributed by atoms with Crippen LogP contribution in [0.1, 0.15) is 24.8 Å². The monoisotopic (exact) mass is 171 g/mol. The summed E-state index contributed by atoms with van der Waals surface area (Å²) in [5.41, 5.74) is 2.51. The molecule has 1 aromatic rings. The van der Waals surface area contributed by atoms with Crippen LogP contribution in [-0.4, -0.2) is 6.21 Å². The van der Waals surface area contributed by atoms with Crippen molar-refractivity contribution in [1.82, 2.24) is 0 Å². The van der Waals surface area contributed by atoms with Gasteiger partial charge in [-0.25, -0.2) is 0 Å². The Morgan fingerprint density at radius 1 is 1.23 bits per heavy atom. The molecule has 1 aliphatic rings. The SMILES string of the molecule is CC1=CC(c2ccccc2)CC=N1. The van der Waals surface area contributed by atoms with Gasteiger partial charge >= 0.3 is 0 Å². The van der Waals surface area contributed by atoms with Gasteiger partial charge in [-0.1, -0.05) is 36.4 Å². The van der Waals surface area contributed by atoms with Gasteiger partial charge in [0.05, 0.1) is 0 Å². The average Bonchev–Trinajstić information content (AvgIpc) is 2.19. The van der Waals surface area contributed by atoms with E-state index in [9.17, 15) is 0 Å². The van der Waals surface area contributed by atoms with E-state index >= 15 is 0 Å². The Bertz CT molecular complexity index is 335. The first-order valence-electron chi connectivity index (χ1n) is 4.62. The van der Waals surface area contributed by atoms with Crippen molar-refractivity contribution in [3.63, 3.8) is 0 Å². The van der Waals surface area contributed by atoms with Crippen LogP contribution >= 0.6 is 0 Å². The Morgan fingerprint density at radius 3 is 2.69 bits per heavy atom. The summed E-state index contributed by atoms with van der Waals surface area (Å²) in [4.78, 5) is 4.24. The highest BCUT2D eigenvalue weighted by Crippen LogP contribution is 2.24. The second-order valence-corrected chi connectivity index (χ2v) is 3.37. The van der Waals surface area contributed by atoms with Gasteiger partial charge in [0.15, 0.2) is 0 Å². The van der Waals surface area contributed by atoms with Crippen molar-refractivity contribution in [2.45, 2.75) is 19.3 Å². The highest BCUT2D eigenvalue weighted by molar-refractivity contribution is 5.63. The topological polar surface area (TPSA) is 12.4 Å². The lowest BCUT2D eigenvalue weighted by Gasteiger charge is -2.14. The minimum atomic E-state index is 0.527. The molecule has 0 fully saturated rings. The number of benzene rings is 1. The highest BCUT2D eigenvalue weighted by Gasteiger charge is 2.09. The van der Waals surface area contributed by atoms with Gasteiger partial charge in [-0.3, -0.25) is 4.99 Å². The molecule has 1 unspecified atom stereocenters. The van der Waals surface area contributed by atoms with Crippen LogP contribution in [0.5, 0.6) is 0 Å². The third-order valence-corrected chi connectivity index (χ3v) is 2.32. The summed E-state index contributed by atoms with van der Waals surface area (Å²) in [6.45, 7) is 2.05. The van der Waals surface area contributed by atoms with Gasteiger partial charge in [0.2, 0.25) is 0 Å². The van der Waals surface area contributed by atoms with E-state index in [-0.39, 0.29) is 0 Å². The largest absolute Gasteiger partial charge is 0.266 e. The molecule has 0 aliphatic carbocycles. The normalized spacial score (nSPS) is 21.3. The van der Waals surface area contributed by atoms with Crippen molar-refractivity contribution < 1.29 is 0 Å². The minimum absolute atomic E-state index is 0.527. The number of rotatable bonds is 1. The Hall–Kier alpha value is -1.37. The molecule has 66 valence electrons. The van der Waals surface area contributed by atoms with E-state index in [0.717, 1.165) is 12.1 Å². The number of aliphatic imine (C=N–C) groups is 1. The van der Waals surface area contributed by atoms with Gasteiger partial charge in [0.1, 0.15) is 0 Å². The maximum Gasteiger partial charge on any atom is 0.0335 e. The van der Waals surface area contributed by atoms with E-state index in [1.165, 1.54) is 5.56 Å². The molecule has 1 aliphatic heterocycles. The molecule has 0 saturated carbocycles. The predicted molar refractivity (Wildman–Crippen MR) is 56.0 cm³/mol. The zero-order valence-corrected chi connectivity index (χ0v) is 7.77. The molecule has 1 heteroatoms. The molecular weight excluding hydrogens is 158 g/mol. The van der Waals surface area contributed by atoms with E-state index in [0.29, 0.717) is 5.92 Å². The van der Waals surface area contributed by atoms with E-state index < -0.39 is 0 Å². The van der Waals surface area contributed by atoms with Gasteiger partial charge in [-0.05, 0) is 18.9 Å². The van der Waals surface area contributed by atoms with Crippen LogP contribution in [0.15, 0.2) is 47.1 Å². The van der Waals surface area contributed by atoms with Gasteiger partial charge in [-0.15, -0.1) is 0 Å². The van der Waals surface area contributed by atoms with Gasteiger partial charge in [-0.2, -0.15) is 0 Å². The summed E-state index contributed by atoms with van der Waals surface area (Å²) >= 11 is 0. The fraction of sp³-hybridized carbons (Fsp3) is 0.250. The summed E-state index contributed by atoms with van der Waals surface area (Å²) in [7, 11) is 0. The molecule has 0 N–H and O–H groups in total. The predicted octanol–water partition coefficient (Wildman–Crippen LogP) is 3.15. The molecule has 0 bridgehead atoms. The maximum atomic E-state index is 4.24. The van der Waals surface area contributed by atoms with Crippen molar-refractivity contribution >= 4 is 6.21 Å². The van der Waals surface area contributed by atoms with E-state index in [1.807, 2.05) is 13.1 Å². The quantitative estimate of drug-likeness (QED) is 0.615. The smallest absolute Gasteiger partial charge is 0.0335 e. The number of hydrogen-bond donors (Lipinski definition) is 0. The fourth-order valence-corrected chi connectivity index (χ4v) is 1.65. The van der Waals surface area contributed by atoms with Crippen LogP contribution in [0.4, 0.5) is 0 Å². The first kappa shape index (κ1) is 8.24. The molecule has 0 aromatic heterocycles. The first-order chi connectivity index (χ1) is 6.36. The standard InChI is InChI=1S/C12H13N/c1-10-9-12(7-8-13-10)11-5-3-2-4-6-11/h2-6,8-9,12H,7H2,1H3. The van der Waals surface area contributed by atoms with E-state index in [4.69, 9.17) is 0 Å². The summed E-state index contributed by atoms with van der Waals surface area (Å²) in [5, 5.41) is 0. The molecule has 1 atom stereocenters. The molecule has 1 aromatic carbocycles. The lowest BCUT2D eigenvalue weighted by molar-refractivity contribution is 0.870. The van der Waals surface area contributed by atoms with Crippen LogP contribution in [0.3, 0.4) is 0 Å². The van der Waals surface area contributed by atoms with Crippen molar-refractivity contribution in [2.75, 3.05) is 0 Å². The molecule has 0 spiro atoms. The van der Waals surface area contributed by atoms with Gasteiger partial charge in [0, 0.05) is 17.8 Å². The van der Waals surface area contributed by atoms with Crippen molar-refractivity contribution in [3.8, 4) is 0 Å². The number of allylic oxidation sites excluding steroid dienone is 2. The molecule has 0 saturated heterocycles. The van der Waals surface area contributed by atoms with Gasteiger partial charge in [0.25, 0.3) is 0 Å². The summed E-state index contributed by atoms with van der Waals surface area (Å²) in [5.74, 6) is 0.527. The Balaban J connectivity index is 2.24. The Labute approximate surface area is 78.8 Å². The molecule has 13 heavy (non-hydrogen) atoms. The zero-order valence-electron chi connectivity index (χ0n) is 7.77. The summed E-state index contributed by atoms with van der Waals surface area (Å²) in [6.07, 6.45) is 5.27. The molecular formula is C12H13N. The summed E-state index contributed by atoms with van der Waals surface area (Å²) in [6, 6.07) is 10.6. The third-order valence-electron chi connectivity index (χ3n) is 2.32. The summed E-state index contributed by atoms with van der Waals surface area (Å²) < 4.78 is 0. The van der Waals surface area contributed by atoms with Crippen LogP contribution in [-0.2, 0) is 0 Å². The highest BCUT2D eigenvalue weighted by atomic mass is 14.7. The molecule has 2 rings (SSSR count). The van der Waals surface area contributed by atoms with Crippen LogP contribution < -0.4 is 0 Å². The Morgan fingerprint density at radius 2 is 2.00 bits per heavy atom. The minimum Gasteiger partial charge on any atom is -0.266 e.